The highest BCUT2D eigenvalue weighted by molar-refractivity contribution is 6.05. The molecule has 3 N–H and O–H groups in total. The number of amides is 2. The van der Waals surface area contributed by atoms with Crippen molar-refractivity contribution in [3.8, 4) is 29.0 Å². The Morgan fingerprint density at radius 2 is 2.06 bits per heavy atom. The van der Waals surface area contributed by atoms with Gasteiger partial charge in [0.15, 0.2) is 0 Å². The zero-order valence-electron chi connectivity index (χ0n) is 18.4. The molecule has 0 atom stereocenters. The van der Waals surface area contributed by atoms with E-state index in [1.807, 2.05) is 7.05 Å². The molecule has 0 bridgehead atoms. The van der Waals surface area contributed by atoms with Crippen LogP contribution in [0.3, 0.4) is 0 Å². The smallest absolute Gasteiger partial charge is 0.432 e. The van der Waals surface area contributed by atoms with Gasteiger partial charge >= 0.3 is 12.1 Å². The molecule has 3 rings (SSSR count). The second-order valence-corrected chi connectivity index (χ2v) is 7.31. The standard InChI is InChI=1S/C23H22F3N5O3/c1-15(32)27-9-3-11-34-19-6-5-17(22-28-13-20(30-22)23(24,25)26)12-18(19)29-21(33)7-4-16-8-10-31(2)14-16/h5-6,8,10,12-14H,3,9,11H2,1-2H3,(H,27,32)(H,28,30)(H,29,33). The summed E-state index contributed by atoms with van der Waals surface area (Å²) < 4.78 is 46.3. The highest BCUT2D eigenvalue weighted by Crippen LogP contribution is 2.32. The van der Waals surface area contributed by atoms with E-state index in [0.29, 0.717) is 36.0 Å². The molecule has 0 fully saturated rings. The van der Waals surface area contributed by atoms with Crippen molar-refractivity contribution in [2.75, 3.05) is 18.5 Å². The van der Waals surface area contributed by atoms with Crippen molar-refractivity contribution in [3.05, 3.63) is 54.1 Å². The predicted molar refractivity (Wildman–Crippen MR) is 119 cm³/mol. The molecule has 2 heterocycles. The van der Waals surface area contributed by atoms with Gasteiger partial charge in [0, 0.05) is 50.0 Å². The number of rotatable bonds is 7. The number of H-pyrrole nitrogens is 1. The lowest BCUT2D eigenvalue weighted by molar-refractivity contribution is -0.140. The van der Waals surface area contributed by atoms with Gasteiger partial charge in [-0.05, 0) is 30.7 Å². The monoisotopic (exact) mass is 473 g/mol. The number of nitrogens with zero attached hydrogens (tertiary/aromatic N) is 2. The minimum Gasteiger partial charge on any atom is -0.491 e. The van der Waals surface area contributed by atoms with Gasteiger partial charge in [-0.25, -0.2) is 4.98 Å². The van der Waals surface area contributed by atoms with Gasteiger partial charge < -0.3 is 24.9 Å². The first-order chi connectivity index (χ1) is 16.1. The van der Waals surface area contributed by atoms with Crippen molar-refractivity contribution in [1.82, 2.24) is 19.9 Å². The third-order valence-corrected chi connectivity index (χ3v) is 4.49. The molecule has 2 aromatic heterocycles. The molecular formula is C23H22F3N5O3. The van der Waals surface area contributed by atoms with Gasteiger partial charge in [-0.1, -0.05) is 5.92 Å². The van der Waals surface area contributed by atoms with E-state index in [1.54, 1.807) is 23.0 Å². The first kappa shape index (κ1) is 24.4. The molecule has 0 radical (unpaired) electrons. The maximum Gasteiger partial charge on any atom is 0.432 e. The second kappa shape index (κ2) is 10.6. The zero-order chi connectivity index (χ0) is 24.7. The van der Waals surface area contributed by atoms with Gasteiger partial charge in [0.25, 0.3) is 0 Å². The van der Waals surface area contributed by atoms with Crippen LogP contribution < -0.4 is 15.4 Å². The highest BCUT2D eigenvalue weighted by Gasteiger charge is 2.33. The Bertz CT molecular complexity index is 1230. The number of aromatic nitrogens is 3. The van der Waals surface area contributed by atoms with Crippen LogP contribution in [0.1, 0.15) is 24.6 Å². The Labute approximate surface area is 193 Å². The van der Waals surface area contributed by atoms with Crippen LogP contribution in [0.15, 0.2) is 42.9 Å². The van der Waals surface area contributed by atoms with Crippen molar-refractivity contribution in [3.63, 3.8) is 0 Å². The summed E-state index contributed by atoms with van der Waals surface area (Å²) in [5.41, 5.74) is 0.193. The number of hydrogen-bond acceptors (Lipinski definition) is 4. The van der Waals surface area contributed by atoms with Gasteiger partial charge in [-0.2, -0.15) is 13.2 Å². The maximum atomic E-state index is 12.9. The highest BCUT2D eigenvalue weighted by atomic mass is 19.4. The van der Waals surface area contributed by atoms with Crippen LogP contribution in [0.2, 0.25) is 0 Å². The van der Waals surface area contributed by atoms with Gasteiger partial charge in [0.2, 0.25) is 5.91 Å². The molecule has 0 saturated carbocycles. The number of aryl methyl sites for hydroxylation is 1. The Kier molecular flexibility index (Phi) is 7.63. The summed E-state index contributed by atoms with van der Waals surface area (Å²) >= 11 is 0. The summed E-state index contributed by atoms with van der Waals surface area (Å²) in [6.07, 6.45) is 0.184. The molecule has 0 saturated heterocycles. The molecule has 3 aromatic rings. The number of anilines is 1. The number of hydrogen-bond donors (Lipinski definition) is 3. The minimum atomic E-state index is -4.56. The fraction of sp³-hybridized carbons (Fsp3) is 0.261. The summed E-state index contributed by atoms with van der Waals surface area (Å²) in [5.74, 6) is 4.70. The number of nitrogens with one attached hydrogen (secondary N) is 3. The third-order valence-electron chi connectivity index (χ3n) is 4.49. The fourth-order valence-corrected chi connectivity index (χ4v) is 2.89. The van der Waals surface area contributed by atoms with E-state index in [0.717, 1.165) is 0 Å². The topological polar surface area (TPSA) is 101 Å². The Balaban J connectivity index is 1.80. The van der Waals surface area contributed by atoms with E-state index < -0.39 is 17.8 Å². The van der Waals surface area contributed by atoms with Gasteiger partial charge in [-0.3, -0.25) is 9.59 Å². The molecule has 0 spiro atoms. The average Bonchev–Trinajstić information content (AvgIpc) is 3.42. The van der Waals surface area contributed by atoms with Crippen LogP contribution in [-0.4, -0.2) is 39.5 Å². The van der Waals surface area contributed by atoms with Crippen molar-refractivity contribution in [1.29, 1.82) is 0 Å². The molecule has 8 nitrogen and oxygen atoms in total. The molecule has 2 amide bonds. The number of benzene rings is 1. The number of imidazole rings is 1. The van der Waals surface area contributed by atoms with E-state index in [1.165, 1.54) is 25.1 Å². The predicted octanol–water partition coefficient (Wildman–Crippen LogP) is 3.33. The SMILES string of the molecule is CC(=O)NCCCOc1ccc(-c2ncc(C(F)(F)F)[nH]2)cc1NC(=O)C#Cc1ccn(C)c1. The van der Waals surface area contributed by atoms with E-state index in [-0.39, 0.29) is 24.0 Å². The van der Waals surface area contributed by atoms with Crippen molar-refractivity contribution < 1.29 is 27.5 Å². The lowest BCUT2D eigenvalue weighted by Crippen LogP contribution is -2.22. The number of ether oxygens (including phenoxy) is 1. The molecule has 34 heavy (non-hydrogen) atoms. The molecule has 0 aliphatic heterocycles. The first-order valence-corrected chi connectivity index (χ1v) is 10.2. The fourth-order valence-electron chi connectivity index (χ4n) is 2.89. The van der Waals surface area contributed by atoms with Gasteiger partial charge in [0.1, 0.15) is 17.3 Å². The third kappa shape index (κ3) is 6.90. The molecular weight excluding hydrogens is 451 g/mol. The van der Waals surface area contributed by atoms with Crippen molar-refractivity contribution >= 4 is 17.5 Å². The largest absolute Gasteiger partial charge is 0.491 e. The number of halogens is 3. The number of carbonyl (C=O) groups excluding carboxylic acids is 2. The Morgan fingerprint density at radius 3 is 2.71 bits per heavy atom. The number of alkyl halides is 3. The lowest BCUT2D eigenvalue weighted by atomic mass is 10.1. The van der Waals surface area contributed by atoms with Crippen LogP contribution in [0.25, 0.3) is 11.4 Å². The van der Waals surface area contributed by atoms with Crippen LogP contribution >= 0.6 is 0 Å². The second-order valence-electron chi connectivity index (χ2n) is 7.31. The zero-order valence-corrected chi connectivity index (χ0v) is 18.4. The molecule has 178 valence electrons. The number of carbonyl (C=O) groups is 2. The summed E-state index contributed by atoms with van der Waals surface area (Å²) in [7, 11) is 1.82. The first-order valence-electron chi connectivity index (χ1n) is 10.2. The quantitative estimate of drug-likeness (QED) is 0.362. The van der Waals surface area contributed by atoms with E-state index in [2.05, 4.69) is 32.4 Å². The average molecular weight is 473 g/mol. The summed E-state index contributed by atoms with van der Waals surface area (Å²) in [6.45, 7) is 2.05. The minimum absolute atomic E-state index is 0.0181. The van der Waals surface area contributed by atoms with Crippen molar-refractivity contribution in [2.24, 2.45) is 7.05 Å². The summed E-state index contributed by atoms with van der Waals surface area (Å²) in [4.78, 5) is 29.4. The Morgan fingerprint density at radius 1 is 1.26 bits per heavy atom. The van der Waals surface area contributed by atoms with Gasteiger partial charge in [0.05, 0.1) is 18.5 Å². The van der Waals surface area contributed by atoms with E-state index >= 15 is 0 Å². The molecule has 1 aromatic carbocycles. The summed E-state index contributed by atoms with van der Waals surface area (Å²) in [5, 5.41) is 5.26. The van der Waals surface area contributed by atoms with Crippen LogP contribution in [0.4, 0.5) is 18.9 Å². The van der Waals surface area contributed by atoms with Gasteiger partial charge in [-0.15, -0.1) is 0 Å². The molecule has 11 heteroatoms. The number of aromatic amines is 1. The molecule has 0 aliphatic carbocycles. The normalized spacial score (nSPS) is 10.9. The van der Waals surface area contributed by atoms with Crippen LogP contribution in [0, 0.1) is 11.8 Å². The Hall–Kier alpha value is -4.20. The molecule has 0 unspecified atom stereocenters. The maximum absolute atomic E-state index is 12.9. The van der Waals surface area contributed by atoms with Crippen LogP contribution in [-0.2, 0) is 22.8 Å². The lowest BCUT2D eigenvalue weighted by Gasteiger charge is -2.13. The van der Waals surface area contributed by atoms with Crippen molar-refractivity contribution in [2.45, 2.75) is 19.5 Å². The van der Waals surface area contributed by atoms with E-state index in [4.69, 9.17) is 4.74 Å². The van der Waals surface area contributed by atoms with Crippen LogP contribution in [0.5, 0.6) is 5.75 Å². The summed E-state index contributed by atoms with van der Waals surface area (Å²) in [6, 6.07) is 6.24. The molecule has 0 aliphatic rings. The van der Waals surface area contributed by atoms with E-state index in [9.17, 15) is 22.8 Å².